The zero-order valence-electron chi connectivity index (χ0n) is 60.8. The zero-order chi connectivity index (χ0) is 70.4. The van der Waals surface area contributed by atoms with Gasteiger partial charge in [0.15, 0.2) is 12.2 Å². The first-order valence-electron chi connectivity index (χ1n) is 38.2. The molecule has 0 aliphatic carbocycles. The number of rotatable bonds is 72. The molecular weight excluding hydrogens is 1260 g/mol. The summed E-state index contributed by atoms with van der Waals surface area (Å²) in [6.45, 7) is 4.69. The second kappa shape index (κ2) is 70.0. The number of aliphatic hydroxyl groups is 1. The number of phosphoric acid groups is 2. The third kappa shape index (κ3) is 69.0. The van der Waals surface area contributed by atoms with Crippen LogP contribution in [0.15, 0.2) is 72.9 Å². The quantitative estimate of drug-likeness (QED) is 0.0169. The average molecular weight is 1400 g/mol. The highest BCUT2D eigenvalue weighted by atomic mass is 31.2. The molecule has 0 aromatic heterocycles. The summed E-state index contributed by atoms with van der Waals surface area (Å²) in [6, 6.07) is 0. The van der Waals surface area contributed by atoms with Crippen molar-refractivity contribution in [3.05, 3.63) is 72.9 Å². The minimum Gasteiger partial charge on any atom is -0.462 e. The Kier molecular flexibility index (Phi) is 67.4. The molecule has 96 heavy (non-hydrogen) atoms. The third-order valence-corrected chi connectivity index (χ3v) is 18.1. The Morgan fingerprint density at radius 1 is 0.302 bits per heavy atom. The normalized spacial score (nSPS) is 14.4. The molecule has 0 heterocycles. The van der Waals surface area contributed by atoms with Crippen LogP contribution in [-0.2, 0) is 65.4 Å². The topological polar surface area (TPSA) is 237 Å². The number of ether oxygens (including phenoxy) is 4. The van der Waals surface area contributed by atoms with E-state index in [0.29, 0.717) is 25.7 Å². The van der Waals surface area contributed by atoms with Crippen molar-refractivity contribution < 1.29 is 80.2 Å². The summed E-state index contributed by atoms with van der Waals surface area (Å²) in [4.78, 5) is 72.7. The van der Waals surface area contributed by atoms with Crippen LogP contribution in [0.2, 0.25) is 0 Å². The number of hydrogen-bond donors (Lipinski definition) is 3. The highest BCUT2D eigenvalue weighted by Crippen LogP contribution is 2.45. The molecule has 3 N–H and O–H groups in total. The molecule has 0 bridgehead atoms. The number of phosphoric ester groups is 2. The van der Waals surface area contributed by atoms with Gasteiger partial charge in [-0.05, 0) is 103 Å². The van der Waals surface area contributed by atoms with E-state index >= 15 is 0 Å². The Labute approximate surface area is 583 Å². The number of carbonyl (C=O) groups is 4. The summed E-state index contributed by atoms with van der Waals surface area (Å²) in [5.41, 5.74) is 0. The second-order valence-corrected chi connectivity index (χ2v) is 28.5. The van der Waals surface area contributed by atoms with Crippen LogP contribution < -0.4 is 0 Å². The SMILES string of the molecule is CC/C=C\C/C=C\C/C=C\C/C=C\CCCCCCCCC(=O)OCC(COP(=O)(O)OCC(O)COP(=O)(O)OCC(COC(=O)CCCCCCC/C=C\CCCC)OC(=O)CCCCCCC/C=C\CCCC)OC(=O)CCCCCCCCCCCCCCCCC. The first kappa shape index (κ1) is 92.5. The van der Waals surface area contributed by atoms with E-state index in [1.54, 1.807) is 0 Å². The van der Waals surface area contributed by atoms with E-state index in [0.717, 1.165) is 167 Å². The molecule has 5 unspecified atom stereocenters. The second-order valence-electron chi connectivity index (χ2n) is 25.6. The van der Waals surface area contributed by atoms with E-state index in [1.165, 1.54) is 89.9 Å². The molecule has 5 atom stereocenters. The average Bonchev–Trinajstić information content (AvgIpc) is 1.41. The molecule has 0 aromatic carbocycles. The van der Waals surface area contributed by atoms with Crippen molar-refractivity contribution >= 4 is 39.5 Å². The van der Waals surface area contributed by atoms with Crippen molar-refractivity contribution in [1.29, 1.82) is 0 Å². The number of esters is 4. The summed E-state index contributed by atoms with van der Waals surface area (Å²) in [7, 11) is -9.94. The molecule has 0 radical (unpaired) electrons. The first-order valence-corrected chi connectivity index (χ1v) is 41.2. The molecule has 17 nitrogen and oxygen atoms in total. The lowest BCUT2D eigenvalue weighted by Crippen LogP contribution is -2.30. The summed E-state index contributed by atoms with van der Waals surface area (Å²) >= 11 is 0. The van der Waals surface area contributed by atoms with Crippen LogP contribution in [0, 0.1) is 0 Å². The van der Waals surface area contributed by atoms with Crippen LogP contribution >= 0.6 is 15.6 Å². The minimum atomic E-state index is -4.97. The van der Waals surface area contributed by atoms with Gasteiger partial charge in [0.05, 0.1) is 26.4 Å². The van der Waals surface area contributed by atoms with Crippen LogP contribution in [0.25, 0.3) is 0 Å². The van der Waals surface area contributed by atoms with Crippen LogP contribution in [0.1, 0.15) is 336 Å². The van der Waals surface area contributed by atoms with Gasteiger partial charge in [0.1, 0.15) is 19.3 Å². The van der Waals surface area contributed by atoms with Gasteiger partial charge in [-0.1, -0.05) is 280 Å². The van der Waals surface area contributed by atoms with Gasteiger partial charge in [-0.3, -0.25) is 37.3 Å². The standard InChI is InChI=1S/C77H138O17P2/c1-5-9-13-17-21-25-29-31-33-34-35-36-38-39-43-46-50-54-58-62-75(80)88-68-73(94-77(82)64-60-56-52-48-44-40-37-32-30-26-22-18-14-10-6-2)70-92-96(85,86)90-66-71(78)65-89-95(83,84)91-69-72(93-76(81)63-59-55-51-47-42-28-24-20-16-12-8-4)67-87-74(79)61-57-53-49-45-41-27-23-19-15-11-7-3/h9,13,19-21,23-25,31,33,35-36,71-73,78H,5-8,10-12,14-18,22,26-30,32,34,37-70H2,1-4H3,(H,83,84)(H,85,86)/b13-9-,23-19-,24-20-,25-21-,33-31-,36-35-. The maximum absolute atomic E-state index is 13.1. The molecule has 0 aliphatic heterocycles. The maximum Gasteiger partial charge on any atom is 0.472 e. The van der Waals surface area contributed by atoms with Gasteiger partial charge in [-0.2, -0.15) is 0 Å². The van der Waals surface area contributed by atoms with Gasteiger partial charge >= 0.3 is 39.5 Å². The van der Waals surface area contributed by atoms with Crippen molar-refractivity contribution in [1.82, 2.24) is 0 Å². The van der Waals surface area contributed by atoms with Crippen molar-refractivity contribution in [2.45, 2.75) is 354 Å². The molecule has 0 aliphatic rings. The fourth-order valence-electron chi connectivity index (χ4n) is 10.3. The van der Waals surface area contributed by atoms with E-state index in [2.05, 4.69) is 101 Å². The van der Waals surface area contributed by atoms with Crippen LogP contribution in [-0.4, -0.2) is 96.7 Å². The Hall–Kier alpha value is -3.50. The smallest absolute Gasteiger partial charge is 0.462 e. The Morgan fingerprint density at radius 3 is 0.875 bits per heavy atom. The molecule has 0 aromatic rings. The molecule has 0 amide bonds. The molecule has 558 valence electrons. The Morgan fingerprint density at radius 2 is 0.552 bits per heavy atom. The zero-order valence-corrected chi connectivity index (χ0v) is 62.6. The molecule has 0 rings (SSSR count). The Bertz CT molecular complexity index is 2110. The predicted molar refractivity (Wildman–Crippen MR) is 390 cm³/mol. The number of allylic oxidation sites excluding steroid dienone is 12. The number of carbonyl (C=O) groups excluding carboxylic acids is 4. The molecule has 0 saturated heterocycles. The minimum absolute atomic E-state index is 0.0858. The van der Waals surface area contributed by atoms with Gasteiger partial charge in [-0.25, -0.2) is 9.13 Å². The van der Waals surface area contributed by atoms with Gasteiger partial charge in [-0.15, -0.1) is 0 Å². The fourth-order valence-corrected chi connectivity index (χ4v) is 11.9. The lowest BCUT2D eigenvalue weighted by atomic mass is 10.0. The molecular formula is C77H138O17P2. The lowest BCUT2D eigenvalue weighted by molar-refractivity contribution is -0.161. The van der Waals surface area contributed by atoms with Crippen LogP contribution in [0.5, 0.6) is 0 Å². The molecule has 0 fully saturated rings. The van der Waals surface area contributed by atoms with E-state index < -0.39 is 97.5 Å². The van der Waals surface area contributed by atoms with E-state index in [-0.39, 0.29) is 25.7 Å². The molecule has 0 spiro atoms. The summed E-state index contributed by atoms with van der Waals surface area (Å²) in [6.07, 6.45) is 69.0. The summed E-state index contributed by atoms with van der Waals surface area (Å²) in [5.74, 6) is -2.19. The molecule has 19 heteroatoms. The molecule has 0 saturated carbocycles. The maximum atomic E-state index is 13.1. The van der Waals surface area contributed by atoms with E-state index in [1.807, 2.05) is 0 Å². The van der Waals surface area contributed by atoms with Crippen molar-refractivity contribution in [2.24, 2.45) is 0 Å². The summed E-state index contributed by atoms with van der Waals surface area (Å²) in [5, 5.41) is 10.6. The van der Waals surface area contributed by atoms with Crippen molar-refractivity contribution in [3.8, 4) is 0 Å². The number of aliphatic hydroxyl groups excluding tert-OH is 1. The highest BCUT2D eigenvalue weighted by molar-refractivity contribution is 7.47. The van der Waals surface area contributed by atoms with Gasteiger partial charge < -0.3 is 33.8 Å². The Balaban J connectivity index is 5.30. The predicted octanol–water partition coefficient (Wildman–Crippen LogP) is 21.7. The van der Waals surface area contributed by atoms with E-state index in [9.17, 15) is 43.2 Å². The largest absolute Gasteiger partial charge is 0.472 e. The van der Waals surface area contributed by atoms with Crippen LogP contribution in [0.3, 0.4) is 0 Å². The van der Waals surface area contributed by atoms with Gasteiger partial charge in [0.2, 0.25) is 0 Å². The highest BCUT2D eigenvalue weighted by Gasteiger charge is 2.30. The first-order chi connectivity index (χ1) is 46.7. The van der Waals surface area contributed by atoms with Crippen molar-refractivity contribution in [3.63, 3.8) is 0 Å². The number of unbranched alkanes of at least 4 members (excludes halogenated alkanes) is 34. The van der Waals surface area contributed by atoms with Gasteiger partial charge in [0, 0.05) is 25.7 Å². The van der Waals surface area contributed by atoms with Crippen molar-refractivity contribution in [2.75, 3.05) is 39.6 Å². The lowest BCUT2D eigenvalue weighted by Gasteiger charge is -2.21. The fraction of sp³-hybridized carbons (Fsp3) is 0.792. The third-order valence-electron chi connectivity index (χ3n) is 16.2. The van der Waals surface area contributed by atoms with Crippen LogP contribution in [0.4, 0.5) is 0 Å². The number of hydrogen-bond acceptors (Lipinski definition) is 15. The summed E-state index contributed by atoms with van der Waals surface area (Å²) < 4.78 is 68.4. The van der Waals surface area contributed by atoms with Gasteiger partial charge in [0.25, 0.3) is 0 Å². The van der Waals surface area contributed by atoms with E-state index in [4.69, 9.17) is 37.0 Å². The monoisotopic (exact) mass is 1400 g/mol.